The van der Waals surface area contributed by atoms with Crippen molar-refractivity contribution in [3.63, 3.8) is 0 Å². The van der Waals surface area contributed by atoms with E-state index in [0.29, 0.717) is 6.04 Å². The molecule has 0 saturated heterocycles. The fourth-order valence-corrected chi connectivity index (χ4v) is 3.75. The highest BCUT2D eigenvalue weighted by Crippen LogP contribution is 2.29. The van der Waals surface area contributed by atoms with Crippen LogP contribution in [0.25, 0.3) is 16.7 Å². The molecule has 1 aromatic carbocycles. The van der Waals surface area contributed by atoms with Crippen molar-refractivity contribution < 1.29 is 0 Å². The Kier molecular flexibility index (Phi) is 4.19. The smallest absolute Gasteiger partial charge is 0.146 e. The number of hydrogen-bond acceptors (Lipinski definition) is 2. The SMILES string of the molecule is Cc1ccc(-n2ccc3c(NC4CCCCC4)ccnc32)cc1Cl. The number of nitrogens with one attached hydrogen (secondary N) is 1. The first kappa shape index (κ1) is 15.5. The van der Waals surface area contributed by atoms with Gasteiger partial charge in [-0.2, -0.15) is 0 Å². The van der Waals surface area contributed by atoms with E-state index >= 15 is 0 Å². The molecular weight excluding hydrogens is 318 g/mol. The van der Waals surface area contributed by atoms with Gasteiger partial charge in [-0.25, -0.2) is 4.98 Å². The topological polar surface area (TPSA) is 29.9 Å². The van der Waals surface area contributed by atoms with Gasteiger partial charge in [0.15, 0.2) is 0 Å². The molecule has 0 amide bonds. The Morgan fingerprint density at radius 2 is 1.96 bits per heavy atom. The minimum absolute atomic E-state index is 0.585. The summed E-state index contributed by atoms with van der Waals surface area (Å²) in [6.07, 6.45) is 10.5. The van der Waals surface area contributed by atoms with Gasteiger partial charge in [-0.15, -0.1) is 0 Å². The van der Waals surface area contributed by atoms with E-state index in [1.807, 2.05) is 25.3 Å². The molecule has 1 aliphatic rings. The van der Waals surface area contributed by atoms with Gasteiger partial charge in [-0.3, -0.25) is 0 Å². The highest BCUT2D eigenvalue weighted by atomic mass is 35.5. The molecule has 4 rings (SSSR count). The van der Waals surface area contributed by atoms with Crippen molar-refractivity contribution in [3.8, 4) is 5.69 Å². The summed E-state index contributed by atoms with van der Waals surface area (Å²) in [5.41, 5.74) is 4.28. The molecule has 3 aromatic rings. The van der Waals surface area contributed by atoms with Crippen LogP contribution < -0.4 is 5.32 Å². The molecule has 2 heterocycles. The molecule has 0 aliphatic heterocycles. The Balaban J connectivity index is 1.71. The van der Waals surface area contributed by atoms with Crippen LogP contribution >= 0.6 is 11.6 Å². The molecule has 0 spiro atoms. The Morgan fingerprint density at radius 1 is 1.12 bits per heavy atom. The zero-order valence-corrected chi connectivity index (χ0v) is 14.7. The number of hydrogen-bond donors (Lipinski definition) is 1. The van der Waals surface area contributed by atoms with Crippen LogP contribution in [0.1, 0.15) is 37.7 Å². The highest BCUT2D eigenvalue weighted by molar-refractivity contribution is 6.31. The van der Waals surface area contributed by atoms with E-state index in [1.54, 1.807) is 0 Å². The van der Waals surface area contributed by atoms with Crippen molar-refractivity contribution in [3.05, 3.63) is 53.3 Å². The van der Waals surface area contributed by atoms with Gasteiger partial charge in [-0.1, -0.05) is 36.9 Å². The normalized spacial score (nSPS) is 15.8. The van der Waals surface area contributed by atoms with Crippen molar-refractivity contribution in [1.82, 2.24) is 9.55 Å². The van der Waals surface area contributed by atoms with E-state index < -0.39 is 0 Å². The maximum Gasteiger partial charge on any atom is 0.146 e. The van der Waals surface area contributed by atoms with E-state index in [0.717, 1.165) is 21.9 Å². The number of fused-ring (bicyclic) bond motifs is 1. The van der Waals surface area contributed by atoms with Gasteiger partial charge < -0.3 is 9.88 Å². The van der Waals surface area contributed by atoms with Crippen LogP contribution in [0.2, 0.25) is 5.02 Å². The Bertz CT molecular complexity index is 862. The molecule has 1 N–H and O–H groups in total. The molecule has 3 nitrogen and oxygen atoms in total. The second-order valence-electron chi connectivity index (χ2n) is 6.69. The molecular formula is C20H22ClN3. The molecule has 2 aromatic heterocycles. The molecule has 0 bridgehead atoms. The Labute approximate surface area is 147 Å². The number of benzene rings is 1. The lowest BCUT2D eigenvalue weighted by Crippen LogP contribution is -2.22. The van der Waals surface area contributed by atoms with Gasteiger partial charge in [-0.05, 0) is 49.6 Å². The first-order chi connectivity index (χ1) is 11.7. The first-order valence-corrected chi connectivity index (χ1v) is 9.09. The minimum atomic E-state index is 0.585. The first-order valence-electron chi connectivity index (χ1n) is 8.71. The summed E-state index contributed by atoms with van der Waals surface area (Å²) in [6, 6.07) is 10.9. The van der Waals surface area contributed by atoms with Crippen molar-refractivity contribution in [2.75, 3.05) is 5.32 Å². The van der Waals surface area contributed by atoms with Crippen molar-refractivity contribution in [2.45, 2.75) is 45.1 Å². The van der Waals surface area contributed by atoms with E-state index in [1.165, 1.54) is 43.2 Å². The minimum Gasteiger partial charge on any atom is -0.382 e. The zero-order valence-electron chi connectivity index (χ0n) is 13.9. The lowest BCUT2D eigenvalue weighted by Gasteiger charge is -2.24. The number of aryl methyl sites for hydroxylation is 1. The Hall–Kier alpha value is -2.00. The zero-order chi connectivity index (χ0) is 16.5. The van der Waals surface area contributed by atoms with E-state index in [4.69, 9.17) is 11.6 Å². The van der Waals surface area contributed by atoms with Crippen LogP contribution in [0.4, 0.5) is 5.69 Å². The summed E-state index contributed by atoms with van der Waals surface area (Å²) in [7, 11) is 0. The average molecular weight is 340 g/mol. The van der Waals surface area contributed by atoms with E-state index in [-0.39, 0.29) is 0 Å². The molecule has 1 aliphatic carbocycles. The van der Waals surface area contributed by atoms with Gasteiger partial charge in [0.05, 0.1) is 0 Å². The number of anilines is 1. The largest absolute Gasteiger partial charge is 0.382 e. The monoisotopic (exact) mass is 339 g/mol. The summed E-state index contributed by atoms with van der Waals surface area (Å²) >= 11 is 6.30. The standard InChI is InChI=1S/C20H22ClN3/c1-14-7-8-16(13-18(14)21)24-12-10-17-19(9-11-22-20(17)24)23-15-5-3-2-4-6-15/h7-13,15H,2-6H2,1H3,(H,22,23). The van der Waals surface area contributed by atoms with Crippen LogP contribution in [0.15, 0.2) is 42.7 Å². The second-order valence-corrected chi connectivity index (χ2v) is 7.10. The number of nitrogens with zero attached hydrogens (tertiary/aromatic N) is 2. The summed E-state index contributed by atoms with van der Waals surface area (Å²) in [4.78, 5) is 4.60. The molecule has 0 unspecified atom stereocenters. The maximum absolute atomic E-state index is 6.30. The fraction of sp³-hybridized carbons (Fsp3) is 0.350. The molecule has 0 radical (unpaired) electrons. The van der Waals surface area contributed by atoms with Gasteiger partial charge in [0.25, 0.3) is 0 Å². The second kappa shape index (κ2) is 6.48. The van der Waals surface area contributed by atoms with Gasteiger partial charge in [0.2, 0.25) is 0 Å². The number of aromatic nitrogens is 2. The number of pyridine rings is 1. The summed E-state index contributed by atoms with van der Waals surface area (Å²) in [6.45, 7) is 2.02. The number of halogens is 1. The van der Waals surface area contributed by atoms with Gasteiger partial charge in [0.1, 0.15) is 5.65 Å². The quantitative estimate of drug-likeness (QED) is 0.660. The Morgan fingerprint density at radius 3 is 2.75 bits per heavy atom. The van der Waals surface area contributed by atoms with Crippen LogP contribution in [-0.2, 0) is 0 Å². The van der Waals surface area contributed by atoms with Gasteiger partial charge in [0, 0.05) is 40.2 Å². The van der Waals surface area contributed by atoms with Crippen LogP contribution in [0.5, 0.6) is 0 Å². The van der Waals surface area contributed by atoms with Crippen LogP contribution in [0.3, 0.4) is 0 Å². The highest BCUT2D eigenvalue weighted by Gasteiger charge is 2.15. The predicted octanol–water partition coefficient (Wildman–Crippen LogP) is 5.73. The lowest BCUT2D eigenvalue weighted by atomic mass is 9.95. The lowest BCUT2D eigenvalue weighted by molar-refractivity contribution is 0.463. The maximum atomic E-state index is 6.30. The third kappa shape index (κ3) is 2.89. The van der Waals surface area contributed by atoms with Crippen LogP contribution in [0, 0.1) is 6.92 Å². The third-order valence-corrected chi connectivity index (χ3v) is 5.39. The fourth-order valence-electron chi connectivity index (χ4n) is 3.57. The van der Waals surface area contributed by atoms with E-state index in [9.17, 15) is 0 Å². The number of rotatable bonds is 3. The summed E-state index contributed by atoms with van der Waals surface area (Å²) in [5, 5.41) is 5.68. The molecule has 24 heavy (non-hydrogen) atoms. The van der Waals surface area contributed by atoms with Crippen molar-refractivity contribution >= 4 is 28.3 Å². The molecule has 1 saturated carbocycles. The molecule has 4 heteroatoms. The van der Waals surface area contributed by atoms with Gasteiger partial charge >= 0.3 is 0 Å². The predicted molar refractivity (Wildman–Crippen MR) is 101 cm³/mol. The summed E-state index contributed by atoms with van der Waals surface area (Å²) in [5.74, 6) is 0. The third-order valence-electron chi connectivity index (χ3n) is 4.99. The van der Waals surface area contributed by atoms with E-state index in [2.05, 4.69) is 39.3 Å². The summed E-state index contributed by atoms with van der Waals surface area (Å²) < 4.78 is 2.10. The molecule has 0 atom stereocenters. The van der Waals surface area contributed by atoms with Crippen molar-refractivity contribution in [2.24, 2.45) is 0 Å². The molecule has 124 valence electrons. The van der Waals surface area contributed by atoms with Crippen LogP contribution in [-0.4, -0.2) is 15.6 Å². The average Bonchev–Trinajstić information content (AvgIpc) is 3.03. The van der Waals surface area contributed by atoms with Crippen molar-refractivity contribution in [1.29, 1.82) is 0 Å². The molecule has 1 fully saturated rings.